The van der Waals surface area contributed by atoms with Crippen LogP contribution in [-0.4, -0.2) is 35.2 Å². The Hall–Kier alpha value is -2.37. The van der Waals surface area contributed by atoms with Gasteiger partial charge in [-0.1, -0.05) is 43.7 Å². The zero-order valence-electron chi connectivity index (χ0n) is 22.7. The molecule has 2 fully saturated rings. The fourth-order valence-electron chi connectivity index (χ4n) is 5.67. The number of hydrogen-bond donors (Lipinski definition) is 1. The molecule has 1 aromatic carbocycles. The topological polar surface area (TPSA) is 65.0 Å². The van der Waals surface area contributed by atoms with Crippen molar-refractivity contribution >= 4 is 11.5 Å². The van der Waals surface area contributed by atoms with E-state index >= 15 is 0 Å². The van der Waals surface area contributed by atoms with Gasteiger partial charge in [-0.25, -0.2) is 4.79 Å². The van der Waals surface area contributed by atoms with Gasteiger partial charge in [-0.3, -0.25) is 0 Å². The van der Waals surface area contributed by atoms with Gasteiger partial charge in [-0.2, -0.15) is 0 Å². The van der Waals surface area contributed by atoms with E-state index in [-0.39, 0.29) is 30.0 Å². The predicted molar refractivity (Wildman–Crippen MR) is 143 cm³/mol. The number of hydrogen-bond acceptors (Lipinski definition) is 5. The van der Waals surface area contributed by atoms with E-state index in [1.54, 1.807) is 19.1 Å². The van der Waals surface area contributed by atoms with Crippen molar-refractivity contribution in [2.75, 3.05) is 0 Å². The van der Waals surface area contributed by atoms with Gasteiger partial charge in [0.1, 0.15) is 11.9 Å². The van der Waals surface area contributed by atoms with Gasteiger partial charge in [-0.15, -0.1) is 0 Å². The highest BCUT2D eigenvalue weighted by molar-refractivity contribution is 5.96. The number of fused-ring (bicyclic) bond motifs is 3. The Morgan fingerprint density at radius 1 is 1.03 bits per heavy atom. The summed E-state index contributed by atoms with van der Waals surface area (Å²) in [4.78, 5) is 13.6. The minimum Gasteiger partial charge on any atom is -0.508 e. The van der Waals surface area contributed by atoms with Crippen LogP contribution in [0.1, 0.15) is 94.6 Å². The average molecular weight is 495 g/mol. The number of phenols is 1. The quantitative estimate of drug-likeness (QED) is 0.303. The van der Waals surface area contributed by atoms with Crippen LogP contribution < -0.4 is 0 Å². The lowest BCUT2D eigenvalue weighted by Crippen LogP contribution is -2.53. The molecule has 0 unspecified atom stereocenters. The van der Waals surface area contributed by atoms with Crippen LogP contribution >= 0.6 is 0 Å². The maximum absolute atomic E-state index is 13.6. The molecule has 1 N–H and O–H groups in total. The lowest BCUT2D eigenvalue weighted by atomic mass is 9.86. The number of phenolic OH excluding ortho intramolecular Hbond substituents is 1. The first-order valence-corrected chi connectivity index (χ1v) is 13.5. The molecule has 5 heteroatoms. The van der Waals surface area contributed by atoms with E-state index in [9.17, 15) is 9.90 Å². The number of aromatic hydroxyl groups is 1. The molecule has 6 atom stereocenters. The zero-order valence-corrected chi connectivity index (χ0v) is 22.7. The van der Waals surface area contributed by atoms with Crippen molar-refractivity contribution in [1.82, 2.24) is 0 Å². The van der Waals surface area contributed by atoms with E-state index in [0.29, 0.717) is 41.4 Å². The van der Waals surface area contributed by atoms with Gasteiger partial charge < -0.3 is 19.3 Å². The maximum Gasteiger partial charge on any atom is 0.339 e. The zero-order chi connectivity index (χ0) is 26.0. The molecule has 196 valence electrons. The Labute approximate surface area is 216 Å². The Morgan fingerprint density at radius 3 is 2.56 bits per heavy atom. The lowest BCUT2D eigenvalue weighted by Gasteiger charge is -2.49. The van der Waals surface area contributed by atoms with Gasteiger partial charge in [0.15, 0.2) is 5.79 Å². The number of esters is 1. The van der Waals surface area contributed by atoms with E-state index in [0.717, 1.165) is 31.3 Å². The number of carbonyl (C=O) groups is 1. The van der Waals surface area contributed by atoms with Crippen molar-refractivity contribution in [3.8, 4) is 5.75 Å². The molecule has 3 heterocycles. The molecule has 0 aromatic heterocycles. The molecule has 2 bridgehead atoms. The summed E-state index contributed by atoms with van der Waals surface area (Å²) in [7, 11) is 0. The molecule has 0 aliphatic carbocycles. The third-order valence-corrected chi connectivity index (χ3v) is 8.04. The number of ether oxygens (including phenoxy) is 3. The number of allylic oxidation sites excluding steroid dienone is 5. The Bertz CT molecular complexity index is 1070. The van der Waals surface area contributed by atoms with Crippen molar-refractivity contribution in [2.24, 2.45) is 11.8 Å². The minimum absolute atomic E-state index is 0.0754. The second-order valence-electron chi connectivity index (χ2n) is 11.3. The Balaban J connectivity index is 1.72. The van der Waals surface area contributed by atoms with Crippen LogP contribution in [0, 0.1) is 18.8 Å². The van der Waals surface area contributed by atoms with Crippen LogP contribution in [0.5, 0.6) is 5.75 Å². The third-order valence-electron chi connectivity index (χ3n) is 8.04. The SMILES string of the molecule is C/C1=C\C[C@@H]2C[C@@H](C[C@]3(CC[C@H](C)[C@@H](C)O3)O2)OC(=O)c2cc(C)c(O)cc2/C(C)=C/C=C\[C@H](C)C1. The van der Waals surface area contributed by atoms with Crippen LogP contribution in [0.2, 0.25) is 0 Å². The standard InChI is InChI=1S/C31H42O5/c1-19-8-7-9-22(4)27-17-29(32)23(5)15-28(27)30(33)34-26-16-25(11-10-20(2)14-19)36-31(18-26)13-12-21(3)24(6)35-31/h7-10,15,17,19,21,24-26,32H,11-14,16,18H2,1-6H3/b8-7-,20-10+,22-9+/t19-,21-,24+,25+,26-,31-/m0/s1. The second-order valence-corrected chi connectivity index (χ2v) is 11.3. The molecule has 3 aliphatic heterocycles. The molecule has 4 rings (SSSR count). The van der Waals surface area contributed by atoms with Crippen LogP contribution in [-0.2, 0) is 14.2 Å². The molecule has 3 aliphatic rings. The van der Waals surface area contributed by atoms with E-state index in [2.05, 4.69) is 39.8 Å². The van der Waals surface area contributed by atoms with Gasteiger partial charge in [0, 0.05) is 19.3 Å². The fourth-order valence-corrected chi connectivity index (χ4v) is 5.67. The summed E-state index contributed by atoms with van der Waals surface area (Å²) >= 11 is 0. The third kappa shape index (κ3) is 6.12. The summed E-state index contributed by atoms with van der Waals surface area (Å²) in [6.07, 6.45) is 13.0. The number of carbonyl (C=O) groups excluding carboxylic acids is 1. The van der Waals surface area contributed by atoms with Crippen LogP contribution in [0.25, 0.3) is 5.57 Å². The summed E-state index contributed by atoms with van der Waals surface area (Å²) in [5.74, 6) is -0.0581. The number of benzene rings is 1. The molecule has 36 heavy (non-hydrogen) atoms. The first kappa shape index (κ1) is 26.7. The lowest BCUT2D eigenvalue weighted by molar-refractivity contribution is -0.331. The number of rotatable bonds is 0. The van der Waals surface area contributed by atoms with Crippen molar-refractivity contribution in [2.45, 2.75) is 104 Å². The van der Waals surface area contributed by atoms with Gasteiger partial charge in [0.2, 0.25) is 0 Å². The van der Waals surface area contributed by atoms with Gasteiger partial charge in [-0.05, 0) is 87.6 Å². The van der Waals surface area contributed by atoms with Crippen LogP contribution in [0.4, 0.5) is 0 Å². The Morgan fingerprint density at radius 2 is 1.81 bits per heavy atom. The molecule has 1 spiro atoms. The molecule has 5 nitrogen and oxygen atoms in total. The van der Waals surface area contributed by atoms with Crippen LogP contribution in [0.15, 0.2) is 42.0 Å². The largest absolute Gasteiger partial charge is 0.508 e. The summed E-state index contributed by atoms with van der Waals surface area (Å²) in [5.41, 5.74) is 4.05. The second kappa shape index (κ2) is 10.9. The minimum atomic E-state index is -0.716. The fraction of sp³-hybridized carbons (Fsp3) is 0.581. The van der Waals surface area contributed by atoms with Crippen molar-refractivity contribution in [3.63, 3.8) is 0 Å². The summed E-state index contributed by atoms with van der Waals surface area (Å²) < 4.78 is 19.3. The molecule has 0 saturated carbocycles. The van der Waals surface area contributed by atoms with Gasteiger partial charge in [0.05, 0.1) is 17.8 Å². The summed E-state index contributed by atoms with van der Waals surface area (Å²) in [6, 6.07) is 3.41. The Kier molecular flexibility index (Phi) is 8.11. The smallest absolute Gasteiger partial charge is 0.339 e. The summed E-state index contributed by atoms with van der Waals surface area (Å²) in [5, 5.41) is 10.4. The average Bonchev–Trinajstić information content (AvgIpc) is 2.81. The molecular weight excluding hydrogens is 452 g/mol. The molecule has 0 amide bonds. The monoisotopic (exact) mass is 494 g/mol. The van der Waals surface area contributed by atoms with E-state index in [1.165, 1.54) is 5.57 Å². The van der Waals surface area contributed by atoms with Crippen molar-refractivity contribution in [1.29, 1.82) is 0 Å². The van der Waals surface area contributed by atoms with E-state index < -0.39 is 5.79 Å². The summed E-state index contributed by atoms with van der Waals surface area (Å²) in [6.45, 7) is 12.5. The highest BCUT2D eigenvalue weighted by atomic mass is 16.7. The van der Waals surface area contributed by atoms with E-state index in [4.69, 9.17) is 14.2 Å². The highest BCUT2D eigenvalue weighted by Gasteiger charge is 2.47. The van der Waals surface area contributed by atoms with E-state index in [1.807, 2.05) is 19.1 Å². The highest BCUT2D eigenvalue weighted by Crippen LogP contribution is 2.43. The first-order valence-electron chi connectivity index (χ1n) is 13.5. The van der Waals surface area contributed by atoms with Crippen LogP contribution in [0.3, 0.4) is 0 Å². The molecule has 2 saturated heterocycles. The van der Waals surface area contributed by atoms with Gasteiger partial charge in [0.25, 0.3) is 0 Å². The molecule has 1 aromatic rings. The maximum atomic E-state index is 13.6. The molecule has 0 radical (unpaired) electrons. The first-order chi connectivity index (χ1) is 17.0. The predicted octanol–water partition coefficient (Wildman–Crippen LogP) is 7.27. The molecular formula is C31H42O5. The van der Waals surface area contributed by atoms with Crippen molar-refractivity contribution in [3.05, 3.63) is 58.7 Å². The van der Waals surface area contributed by atoms with Crippen molar-refractivity contribution < 1.29 is 24.1 Å². The normalized spacial score (nSPS) is 37.7. The van der Waals surface area contributed by atoms with Gasteiger partial charge >= 0.3 is 5.97 Å². The number of aryl methyl sites for hydroxylation is 1.